The molecule has 4 N–H and O–H groups in total. The molecule has 0 aliphatic heterocycles. The fourth-order valence-electron chi connectivity index (χ4n) is 0.118. The van der Waals surface area contributed by atoms with E-state index in [0.717, 1.165) is 19.5 Å². The third-order valence-corrected chi connectivity index (χ3v) is 0.408. The van der Waals surface area contributed by atoms with Crippen molar-refractivity contribution in [2.24, 2.45) is 11.5 Å². The molecule has 0 heterocycles. The van der Waals surface area contributed by atoms with Crippen molar-refractivity contribution in [3.05, 3.63) is 0 Å². The van der Waals surface area contributed by atoms with Gasteiger partial charge in [0.1, 0.15) is 0 Å². The minimum Gasteiger partial charge on any atom is -0.330 e. The monoisotopic (exact) mass is 94.1 g/mol. The van der Waals surface area contributed by atoms with Crippen LogP contribution in [0, 0.1) is 0 Å². The summed E-state index contributed by atoms with van der Waals surface area (Å²) in [5.74, 6) is 0. The lowest BCUT2D eigenvalue weighted by atomic mass is 10.4. The Morgan fingerprint density at radius 1 is 1.00 bits per heavy atom. The SMILES string of the molecule is F.NCCCN. The molecule has 0 fully saturated rings. The smallest absolute Gasteiger partial charge is 0.00653 e. The summed E-state index contributed by atoms with van der Waals surface area (Å²) in [5, 5.41) is 0. The molecule has 0 aliphatic carbocycles. The van der Waals surface area contributed by atoms with E-state index >= 15 is 0 Å². The number of hydrogen-bond donors (Lipinski definition) is 2. The average Bonchev–Trinajstić information content (AvgIpc) is 1.41. The van der Waals surface area contributed by atoms with Gasteiger partial charge >= 0.3 is 0 Å². The summed E-state index contributed by atoms with van der Waals surface area (Å²) in [6.45, 7) is 1.44. The van der Waals surface area contributed by atoms with Crippen LogP contribution in [0.2, 0.25) is 0 Å². The van der Waals surface area contributed by atoms with Crippen molar-refractivity contribution in [3.8, 4) is 0 Å². The lowest BCUT2D eigenvalue weighted by Gasteiger charge is -1.81. The van der Waals surface area contributed by atoms with Gasteiger partial charge in [0.25, 0.3) is 0 Å². The average molecular weight is 94.1 g/mol. The van der Waals surface area contributed by atoms with Crippen LogP contribution in [0.3, 0.4) is 0 Å². The molecule has 40 valence electrons. The molecule has 6 heavy (non-hydrogen) atoms. The van der Waals surface area contributed by atoms with Crippen molar-refractivity contribution in [2.75, 3.05) is 13.1 Å². The Labute approximate surface area is 36.9 Å². The summed E-state index contributed by atoms with van der Waals surface area (Å²) < 4.78 is 0. The highest BCUT2D eigenvalue weighted by Crippen LogP contribution is 1.58. The zero-order valence-corrected chi connectivity index (χ0v) is 3.68. The molecule has 0 amide bonds. The summed E-state index contributed by atoms with van der Waals surface area (Å²) in [6.07, 6.45) is 0.944. The van der Waals surface area contributed by atoms with E-state index in [1.807, 2.05) is 0 Å². The zero-order chi connectivity index (χ0) is 4.12. The van der Waals surface area contributed by atoms with Gasteiger partial charge in [-0.1, -0.05) is 0 Å². The number of nitrogens with two attached hydrogens (primary N) is 2. The van der Waals surface area contributed by atoms with Gasteiger partial charge in [0, 0.05) is 0 Å². The molecule has 0 aliphatic rings. The number of rotatable bonds is 2. The highest BCUT2D eigenvalue weighted by molar-refractivity contribution is 4.33. The molecule has 3 heteroatoms. The maximum Gasteiger partial charge on any atom is -0.00653 e. The molecule has 0 aromatic heterocycles. The molecule has 0 atom stereocenters. The first-order valence-corrected chi connectivity index (χ1v) is 1.82. The van der Waals surface area contributed by atoms with Crippen LogP contribution >= 0.6 is 0 Å². The Hall–Kier alpha value is -0.150. The first-order valence-electron chi connectivity index (χ1n) is 1.82. The van der Waals surface area contributed by atoms with Gasteiger partial charge in [-0.2, -0.15) is 0 Å². The summed E-state index contributed by atoms with van der Waals surface area (Å²) in [4.78, 5) is 0. The maximum atomic E-state index is 5.06. The van der Waals surface area contributed by atoms with Gasteiger partial charge in [0.05, 0.1) is 0 Å². The summed E-state index contributed by atoms with van der Waals surface area (Å²) in [7, 11) is 0. The molecule has 0 rings (SSSR count). The Bertz CT molecular complexity index is 16.3. The van der Waals surface area contributed by atoms with Crippen LogP contribution in [0.4, 0.5) is 4.70 Å². The van der Waals surface area contributed by atoms with E-state index in [4.69, 9.17) is 11.5 Å². The van der Waals surface area contributed by atoms with Gasteiger partial charge in [0.15, 0.2) is 0 Å². The predicted octanol–water partition coefficient (Wildman–Crippen LogP) is -0.554. The summed E-state index contributed by atoms with van der Waals surface area (Å²) in [6, 6.07) is 0. The quantitative estimate of drug-likeness (QED) is 0.482. The van der Waals surface area contributed by atoms with Crippen molar-refractivity contribution >= 4 is 0 Å². The molecular weight excluding hydrogens is 83.0 g/mol. The molecule has 0 unspecified atom stereocenters. The molecule has 2 nitrogen and oxygen atoms in total. The van der Waals surface area contributed by atoms with E-state index in [9.17, 15) is 0 Å². The van der Waals surface area contributed by atoms with E-state index < -0.39 is 0 Å². The standard InChI is InChI=1S/C3H10N2.FH/c4-2-1-3-5;/h1-5H2;1H. The van der Waals surface area contributed by atoms with Crippen molar-refractivity contribution in [2.45, 2.75) is 6.42 Å². The van der Waals surface area contributed by atoms with E-state index in [2.05, 4.69) is 0 Å². The van der Waals surface area contributed by atoms with E-state index in [1.165, 1.54) is 0 Å². The highest BCUT2D eigenvalue weighted by atomic mass is 19.0. The van der Waals surface area contributed by atoms with Crippen LogP contribution in [0.1, 0.15) is 6.42 Å². The predicted molar refractivity (Wildman–Crippen MR) is 25.2 cm³/mol. The molecular formula is C3H11FN2. The topological polar surface area (TPSA) is 52.0 Å². The minimum atomic E-state index is 0. The van der Waals surface area contributed by atoms with E-state index in [-0.39, 0.29) is 4.70 Å². The van der Waals surface area contributed by atoms with E-state index in [0.29, 0.717) is 0 Å². The first kappa shape index (κ1) is 9.28. The second kappa shape index (κ2) is 8.85. The Kier molecular flexibility index (Phi) is 13.7. The minimum absolute atomic E-state index is 0. The van der Waals surface area contributed by atoms with Gasteiger partial charge < -0.3 is 11.5 Å². The van der Waals surface area contributed by atoms with Gasteiger partial charge in [-0.25, -0.2) is 0 Å². The molecule has 0 saturated heterocycles. The van der Waals surface area contributed by atoms with Crippen molar-refractivity contribution in [1.82, 2.24) is 0 Å². The van der Waals surface area contributed by atoms with Crippen LogP contribution in [0.15, 0.2) is 0 Å². The Morgan fingerprint density at radius 3 is 1.33 bits per heavy atom. The second-order valence-electron chi connectivity index (χ2n) is 0.931. The van der Waals surface area contributed by atoms with Gasteiger partial charge in [0.2, 0.25) is 0 Å². The third kappa shape index (κ3) is 9.14. The largest absolute Gasteiger partial charge is 0.330 e. The van der Waals surface area contributed by atoms with Crippen LogP contribution in [0.5, 0.6) is 0 Å². The zero-order valence-electron chi connectivity index (χ0n) is 3.68. The van der Waals surface area contributed by atoms with Gasteiger partial charge in [-0.3, -0.25) is 4.70 Å². The molecule has 0 radical (unpaired) electrons. The number of halogens is 1. The van der Waals surface area contributed by atoms with E-state index in [1.54, 1.807) is 0 Å². The first-order chi connectivity index (χ1) is 2.41. The van der Waals surface area contributed by atoms with Gasteiger partial charge in [-0.05, 0) is 19.5 Å². The van der Waals surface area contributed by atoms with Crippen LogP contribution in [0.25, 0.3) is 0 Å². The maximum absolute atomic E-state index is 5.06. The van der Waals surface area contributed by atoms with Gasteiger partial charge in [-0.15, -0.1) is 0 Å². The Morgan fingerprint density at radius 2 is 1.33 bits per heavy atom. The highest BCUT2D eigenvalue weighted by Gasteiger charge is 1.67. The van der Waals surface area contributed by atoms with Crippen molar-refractivity contribution in [1.29, 1.82) is 0 Å². The fourth-order valence-corrected chi connectivity index (χ4v) is 0.118. The Balaban J connectivity index is 0. The normalized spacial score (nSPS) is 7.00. The second-order valence-corrected chi connectivity index (χ2v) is 0.931. The molecule has 0 saturated carbocycles. The molecule has 0 aromatic rings. The van der Waals surface area contributed by atoms with Crippen LogP contribution in [-0.4, -0.2) is 13.1 Å². The third-order valence-electron chi connectivity index (χ3n) is 0.408. The summed E-state index contributed by atoms with van der Waals surface area (Å²) in [5.41, 5.74) is 10.1. The van der Waals surface area contributed by atoms with Crippen molar-refractivity contribution < 1.29 is 4.70 Å². The van der Waals surface area contributed by atoms with Crippen LogP contribution < -0.4 is 11.5 Å². The fraction of sp³-hybridized carbons (Fsp3) is 1.00. The molecule has 0 bridgehead atoms. The lowest BCUT2D eigenvalue weighted by Crippen LogP contribution is -2.06. The molecule has 0 aromatic carbocycles. The molecule has 0 spiro atoms. The lowest BCUT2D eigenvalue weighted by molar-refractivity contribution is 0.844. The van der Waals surface area contributed by atoms with Crippen molar-refractivity contribution in [3.63, 3.8) is 0 Å². The summed E-state index contributed by atoms with van der Waals surface area (Å²) >= 11 is 0. The van der Waals surface area contributed by atoms with Crippen LogP contribution in [-0.2, 0) is 0 Å². The number of hydrogen-bond acceptors (Lipinski definition) is 2.